The Kier molecular flexibility index (Phi) is 3.03. The number of amides is 1. The molecule has 0 bridgehead atoms. The van der Waals surface area contributed by atoms with Gasteiger partial charge in [-0.3, -0.25) is 4.79 Å². The number of aryl methyl sites for hydroxylation is 2. The first-order chi connectivity index (χ1) is 8.22. The molecule has 0 unspecified atom stereocenters. The van der Waals surface area contributed by atoms with Crippen LogP contribution < -0.4 is 5.32 Å². The van der Waals surface area contributed by atoms with Crippen LogP contribution >= 0.6 is 27.3 Å². The number of rotatable bonds is 4. The number of hydrogen-bond donors (Lipinski definition) is 1. The number of halogens is 1. The Labute approximate surface area is 114 Å². The molecule has 0 radical (unpaired) electrons. The smallest absolute Gasteiger partial charge is 0.261 e. The van der Waals surface area contributed by atoms with E-state index in [-0.39, 0.29) is 5.91 Å². The van der Waals surface area contributed by atoms with Gasteiger partial charge in [0.15, 0.2) is 0 Å². The van der Waals surface area contributed by atoms with Gasteiger partial charge in [-0.2, -0.15) is 0 Å². The molecule has 1 amide bonds. The molecule has 0 atom stereocenters. The van der Waals surface area contributed by atoms with Crippen LogP contribution in [0, 0.1) is 5.41 Å². The first-order valence-electron chi connectivity index (χ1n) is 6.18. The summed E-state index contributed by atoms with van der Waals surface area (Å²) in [5, 5.41) is 4.08. The van der Waals surface area contributed by atoms with Crippen molar-refractivity contribution in [3.63, 3.8) is 0 Å². The van der Waals surface area contributed by atoms with Crippen molar-refractivity contribution in [1.82, 2.24) is 5.32 Å². The first-order valence-corrected chi connectivity index (χ1v) is 8.12. The van der Waals surface area contributed by atoms with Crippen LogP contribution in [0.25, 0.3) is 0 Å². The minimum Gasteiger partial charge on any atom is -0.351 e. The van der Waals surface area contributed by atoms with Crippen LogP contribution in [0.4, 0.5) is 0 Å². The van der Waals surface area contributed by atoms with Crippen LogP contribution in [-0.2, 0) is 12.8 Å². The summed E-state index contributed by atoms with van der Waals surface area (Å²) < 4.78 is 0. The molecule has 1 heterocycles. The lowest BCUT2D eigenvalue weighted by Gasteiger charge is -2.11. The molecule has 0 aromatic carbocycles. The third-order valence-corrected chi connectivity index (χ3v) is 6.26. The Morgan fingerprint density at radius 2 is 2.29 bits per heavy atom. The van der Waals surface area contributed by atoms with Gasteiger partial charge >= 0.3 is 0 Å². The Hall–Kier alpha value is -0.350. The molecule has 0 saturated heterocycles. The summed E-state index contributed by atoms with van der Waals surface area (Å²) in [4.78, 5) is 14.4. The van der Waals surface area contributed by atoms with Crippen molar-refractivity contribution in [1.29, 1.82) is 0 Å². The van der Waals surface area contributed by atoms with Crippen LogP contribution in [-0.4, -0.2) is 17.8 Å². The van der Waals surface area contributed by atoms with E-state index in [1.54, 1.807) is 11.3 Å². The number of fused-ring (bicyclic) bond motifs is 1. The van der Waals surface area contributed by atoms with Gasteiger partial charge in [0.25, 0.3) is 5.91 Å². The second kappa shape index (κ2) is 4.39. The Morgan fingerprint density at radius 1 is 1.47 bits per heavy atom. The molecule has 0 spiro atoms. The summed E-state index contributed by atoms with van der Waals surface area (Å²) in [7, 11) is 0. The lowest BCUT2D eigenvalue weighted by atomic mass is 10.1. The van der Waals surface area contributed by atoms with E-state index >= 15 is 0 Å². The fraction of sp³-hybridized carbons (Fsp3) is 0.615. The van der Waals surface area contributed by atoms with Gasteiger partial charge in [0, 0.05) is 16.8 Å². The van der Waals surface area contributed by atoms with Crippen LogP contribution in [0.2, 0.25) is 0 Å². The highest BCUT2D eigenvalue weighted by Gasteiger charge is 2.41. The van der Waals surface area contributed by atoms with Gasteiger partial charge in [-0.05, 0) is 49.1 Å². The largest absolute Gasteiger partial charge is 0.351 e. The number of thiophene rings is 1. The highest BCUT2D eigenvalue weighted by Crippen LogP contribution is 2.46. The van der Waals surface area contributed by atoms with Crippen molar-refractivity contribution in [2.75, 3.05) is 11.9 Å². The summed E-state index contributed by atoms with van der Waals surface area (Å²) in [6, 6.07) is 2.09. The predicted molar refractivity (Wildman–Crippen MR) is 74.1 cm³/mol. The monoisotopic (exact) mass is 313 g/mol. The summed E-state index contributed by atoms with van der Waals surface area (Å²) >= 11 is 5.21. The lowest BCUT2D eigenvalue weighted by Crippen LogP contribution is -2.30. The van der Waals surface area contributed by atoms with Gasteiger partial charge in [0.1, 0.15) is 0 Å². The number of carbonyl (C=O) groups excluding carboxylic acids is 1. The van der Waals surface area contributed by atoms with Crippen molar-refractivity contribution < 1.29 is 4.79 Å². The van der Waals surface area contributed by atoms with Gasteiger partial charge in [-0.1, -0.05) is 15.9 Å². The normalized spacial score (nSPS) is 20.1. The molecule has 1 aromatic heterocycles. The quantitative estimate of drug-likeness (QED) is 0.850. The second-order valence-corrected chi connectivity index (χ2v) is 6.93. The van der Waals surface area contributed by atoms with Crippen molar-refractivity contribution in [3.8, 4) is 0 Å². The molecular weight excluding hydrogens is 298 g/mol. The molecule has 1 fully saturated rings. The van der Waals surface area contributed by atoms with E-state index in [9.17, 15) is 4.79 Å². The maximum Gasteiger partial charge on any atom is 0.261 e. The SMILES string of the molecule is O=C(NCC1(CBr)CC1)c1cc2c(s1)CCC2. The molecule has 92 valence electrons. The van der Waals surface area contributed by atoms with E-state index in [0.717, 1.165) is 23.2 Å². The molecule has 2 nitrogen and oxygen atoms in total. The standard InChI is InChI=1S/C13H16BrNOS/c14-7-13(4-5-13)8-15-12(16)11-6-9-2-1-3-10(9)17-11/h6H,1-5,7-8H2,(H,15,16). The summed E-state index contributed by atoms with van der Waals surface area (Å²) in [6.07, 6.45) is 6.05. The third kappa shape index (κ3) is 2.29. The van der Waals surface area contributed by atoms with Gasteiger partial charge < -0.3 is 5.32 Å². The minimum atomic E-state index is 0.122. The summed E-state index contributed by atoms with van der Waals surface area (Å²) in [6.45, 7) is 0.819. The zero-order valence-electron chi connectivity index (χ0n) is 9.72. The predicted octanol–water partition coefficient (Wildman–Crippen LogP) is 3.14. The minimum absolute atomic E-state index is 0.122. The molecule has 3 rings (SSSR count). The van der Waals surface area contributed by atoms with Gasteiger partial charge in [-0.15, -0.1) is 11.3 Å². The van der Waals surface area contributed by atoms with E-state index in [1.807, 2.05) is 0 Å². The maximum atomic E-state index is 12.0. The highest BCUT2D eigenvalue weighted by atomic mass is 79.9. The number of hydrogen-bond acceptors (Lipinski definition) is 2. The van der Waals surface area contributed by atoms with Crippen molar-refractivity contribution in [3.05, 3.63) is 21.4 Å². The average Bonchev–Trinajstić information content (AvgIpc) is 2.78. The Bertz CT molecular complexity index is 429. The van der Waals surface area contributed by atoms with Crippen LogP contribution in [0.15, 0.2) is 6.07 Å². The third-order valence-electron chi connectivity index (χ3n) is 3.83. The van der Waals surface area contributed by atoms with E-state index in [1.165, 1.54) is 36.1 Å². The first kappa shape index (κ1) is 11.7. The second-order valence-electron chi connectivity index (χ2n) is 5.23. The average molecular weight is 314 g/mol. The molecule has 2 aliphatic carbocycles. The highest BCUT2D eigenvalue weighted by molar-refractivity contribution is 9.09. The molecule has 2 aliphatic rings. The van der Waals surface area contributed by atoms with E-state index in [0.29, 0.717) is 5.41 Å². The number of carbonyl (C=O) groups is 1. The Balaban J connectivity index is 1.62. The summed E-state index contributed by atoms with van der Waals surface area (Å²) in [5.74, 6) is 0.122. The molecular formula is C13H16BrNOS. The molecule has 1 N–H and O–H groups in total. The van der Waals surface area contributed by atoms with Crippen LogP contribution in [0.3, 0.4) is 0 Å². The lowest BCUT2D eigenvalue weighted by molar-refractivity contribution is 0.0950. The molecule has 4 heteroatoms. The molecule has 1 saturated carbocycles. The maximum absolute atomic E-state index is 12.0. The molecule has 1 aromatic rings. The fourth-order valence-corrected chi connectivity index (χ4v) is 4.26. The number of nitrogens with one attached hydrogen (secondary N) is 1. The van der Waals surface area contributed by atoms with Crippen LogP contribution in [0.1, 0.15) is 39.4 Å². The molecule has 0 aliphatic heterocycles. The van der Waals surface area contributed by atoms with Crippen molar-refractivity contribution in [2.45, 2.75) is 32.1 Å². The summed E-state index contributed by atoms with van der Waals surface area (Å²) in [5.41, 5.74) is 1.76. The van der Waals surface area contributed by atoms with E-state index in [2.05, 4.69) is 27.3 Å². The zero-order chi connectivity index (χ0) is 11.9. The van der Waals surface area contributed by atoms with Crippen LogP contribution in [0.5, 0.6) is 0 Å². The van der Waals surface area contributed by atoms with E-state index < -0.39 is 0 Å². The topological polar surface area (TPSA) is 29.1 Å². The van der Waals surface area contributed by atoms with Crippen molar-refractivity contribution in [2.24, 2.45) is 5.41 Å². The molecule has 17 heavy (non-hydrogen) atoms. The van der Waals surface area contributed by atoms with Gasteiger partial charge in [0.05, 0.1) is 4.88 Å². The van der Waals surface area contributed by atoms with Crippen molar-refractivity contribution >= 4 is 33.2 Å². The van der Waals surface area contributed by atoms with Gasteiger partial charge in [0.2, 0.25) is 0 Å². The number of alkyl halides is 1. The zero-order valence-corrected chi connectivity index (χ0v) is 12.1. The fourth-order valence-electron chi connectivity index (χ4n) is 2.33. The van der Waals surface area contributed by atoms with E-state index in [4.69, 9.17) is 0 Å². The Morgan fingerprint density at radius 3 is 2.94 bits per heavy atom. The van der Waals surface area contributed by atoms with Gasteiger partial charge in [-0.25, -0.2) is 0 Å².